The lowest BCUT2D eigenvalue weighted by Gasteiger charge is -2.04. The summed E-state index contributed by atoms with van der Waals surface area (Å²) in [6.45, 7) is 4.42. The highest BCUT2D eigenvalue weighted by Gasteiger charge is 2.08. The first-order valence-electron chi connectivity index (χ1n) is 4.19. The quantitative estimate of drug-likeness (QED) is 0.775. The maximum absolute atomic E-state index is 11.4. The lowest BCUT2D eigenvalue weighted by molar-refractivity contribution is 0.0956. The van der Waals surface area contributed by atoms with Gasteiger partial charge in [-0.3, -0.25) is 4.79 Å². The minimum absolute atomic E-state index is 0.115. The molecule has 0 bridgehead atoms. The predicted octanol–water partition coefficient (Wildman–Crippen LogP) is 2.40. The molecule has 3 heteroatoms. The summed E-state index contributed by atoms with van der Waals surface area (Å²) in [6, 6.07) is 5.40. The molecule has 2 nitrogen and oxygen atoms in total. The van der Waals surface area contributed by atoms with Gasteiger partial charge in [0.1, 0.15) is 0 Å². The van der Waals surface area contributed by atoms with E-state index >= 15 is 0 Å². The molecule has 1 N–H and O–H groups in total. The molecule has 0 saturated carbocycles. The Hall–Kier alpha value is -1.02. The maximum atomic E-state index is 11.4. The number of hydrogen-bond donors (Lipinski definition) is 1. The van der Waals surface area contributed by atoms with E-state index in [1.807, 2.05) is 19.9 Å². The van der Waals surface area contributed by atoms with Crippen molar-refractivity contribution >= 4 is 17.5 Å². The Balaban J connectivity index is 2.99. The molecule has 1 aromatic rings. The van der Waals surface area contributed by atoms with E-state index in [0.717, 1.165) is 5.56 Å². The summed E-state index contributed by atoms with van der Waals surface area (Å²) in [7, 11) is 0. The molecule has 0 aliphatic rings. The van der Waals surface area contributed by atoms with Gasteiger partial charge < -0.3 is 5.32 Å². The normalized spacial score (nSPS) is 9.77. The van der Waals surface area contributed by atoms with E-state index in [1.54, 1.807) is 12.1 Å². The molecule has 1 aromatic carbocycles. The van der Waals surface area contributed by atoms with E-state index in [0.29, 0.717) is 17.1 Å². The van der Waals surface area contributed by atoms with Gasteiger partial charge >= 0.3 is 0 Å². The topological polar surface area (TPSA) is 29.1 Å². The molecule has 1 rings (SSSR count). The van der Waals surface area contributed by atoms with Crippen LogP contribution in [0.2, 0.25) is 5.02 Å². The molecular formula is C10H12ClNO. The van der Waals surface area contributed by atoms with Crippen LogP contribution in [0, 0.1) is 6.92 Å². The Morgan fingerprint density at radius 1 is 1.54 bits per heavy atom. The lowest BCUT2D eigenvalue weighted by Crippen LogP contribution is -2.22. The largest absolute Gasteiger partial charge is 0.352 e. The minimum Gasteiger partial charge on any atom is -0.352 e. The van der Waals surface area contributed by atoms with E-state index in [1.165, 1.54) is 0 Å². The number of hydrogen-bond acceptors (Lipinski definition) is 1. The first-order valence-corrected chi connectivity index (χ1v) is 4.57. The summed E-state index contributed by atoms with van der Waals surface area (Å²) in [5.41, 5.74) is 1.58. The van der Waals surface area contributed by atoms with Gasteiger partial charge in [-0.15, -0.1) is 0 Å². The summed E-state index contributed by atoms with van der Waals surface area (Å²) >= 11 is 5.87. The predicted molar refractivity (Wildman–Crippen MR) is 54.2 cm³/mol. The van der Waals surface area contributed by atoms with Gasteiger partial charge in [-0.25, -0.2) is 0 Å². The number of nitrogens with one attached hydrogen (secondary N) is 1. The fourth-order valence-electron chi connectivity index (χ4n) is 1.07. The molecule has 0 radical (unpaired) electrons. The van der Waals surface area contributed by atoms with Crippen molar-refractivity contribution in [1.82, 2.24) is 5.32 Å². The van der Waals surface area contributed by atoms with Gasteiger partial charge in [0.25, 0.3) is 5.91 Å². The molecule has 1 amide bonds. The van der Waals surface area contributed by atoms with Crippen molar-refractivity contribution in [3.63, 3.8) is 0 Å². The third-order valence-corrected chi connectivity index (χ3v) is 2.03. The van der Waals surface area contributed by atoms with Crippen molar-refractivity contribution in [3.8, 4) is 0 Å². The average molecular weight is 198 g/mol. The third-order valence-electron chi connectivity index (χ3n) is 1.70. The van der Waals surface area contributed by atoms with Gasteiger partial charge in [0, 0.05) is 6.54 Å². The van der Waals surface area contributed by atoms with E-state index < -0.39 is 0 Å². The summed E-state index contributed by atoms with van der Waals surface area (Å²) in [4.78, 5) is 11.4. The van der Waals surface area contributed by atoms with Crippen LogP contribution in [0.25, 0.3) is 0 Å². The number of rotatable bonds is 2. The third kappa shape index (κ3) is 2.46. The number of carbonyl (C=O) groups excluding carboxylic acids is 1. The molecule has 0 saturated heterocycles. The van der Waals surface area contributed by atoms with Crippen molar-refractivity contribution in [2.24, 2.45) is 0 Å². The number of aryl methyl sites for hydroxylation is 1. The van der Waals surface area contributed by atoms with E-state index in [-0.39, 0.29) is 5.91 Å². The van der Waals surface area contributed by atoms with Crippen molar-refractivity contribution in [1.29, 1.82) is 0 Å². The number of amides is 1. The highest BCUT2D eigenvalue weighted by atomic mass is 35.5. The van der Waals surface area contributed by atoms with Crippen LogP contribution in [0.4, 0.5) is 0 Å². The van der Waals surface area contributed by atoms with Crippen LogP contribution in [0.5, 0.6) is 0 Å². The van der Waals surface area contributed by atoms with Crippen molar-refractivity contribution in [2.75, 3.05) is 6.54 Å². The molecule has 0 atom stereocenters. The van der Waals surface area contributed by atoms with Gasteiger partial charge in [-0.05, 0) is 26.0 Å². The second-order valence-corrected chi connectivity index (χ2v) is 3.25. The van der Waals surface area contributed by atoms with Crippen LogP contribution in [0.15, 0.2) is 18.2 Å². The molecular weight excluding hydrogens is 186 g/mol. The standard InChI is InChI=1S/C10H12ClNO/c1-3-12-10(13)8-6-7(2)4-5-9(8)11/h4-6H,3H2,1-2H3,(H,12,13). The first kappa shape index (κ1) is 10.1. The zero-order chi connectivity index (χ0) is 9.84. The fourth-order valence-corrected chi connectivity index (χ4v) is 1.27. The minimum atomic E-state index is -0.115. The molecule has 0 aliphatic carbocycles. The molecule has 70 valence electrons. The Morgan fingerprint density at radius 2 is 2.23 bits per heavy atom. The molecule has 0 aliphatic heterocycles. The monoisotopic (exact) mass is 197 g/mol. The molecule has 0 heterocycles. The zero-order valence-electron chi connectivity index (χ0n) is 7.73. The molecule has 13 heavy (non-hydrogen) atoms. The number of carbonyl (C=O) groups is 1. The average Bonchev–Trinajstić information content (AvgIpc) is 2.09. The smallest absolute Gasteiger partial charge is 0.252 e. The van der Waals surface area contributed by atoms with Gasteiger partial charge in [0.2, 0.25) is 0 Å². The Morgan fingerprint density at radius 3 is 2.85 bits per heavy atom. The van der Waals surface area contributed by atoms with Crippen molar-refractivity contribution < 1.29 is 4.79 Å². The van der Waals surface area contributed by atoms with E-state index in [2.05, 4.69) is 5.32 Å². The van der Waals surface area contributed by atoms with Crippen LogP contribution >= 0.6 is 11.6 Å². The van der Waals surface area contributed by atoms with Crippen molar-refractivity contribution in [3.05, 3.63) is 34.3 Å². The number of halogens is 1. The Bertz CT molecular complexity index is 323. The maximum Gasteiger partial charge on any atom is 0.252 e. The van der Waals surface area contributed by atoms with Gasteiger partial charge in [0.15, 0.2) is 0 Å². The number of benzene rings is 1. The van der Waals surface area contributed by atoms with Crippen LogP contribution in [0.3, 0.4) is 0 Å². The zero-order valence-corrected chi connectivity index (χ0v) is 8.48. The first-order chi connectivity index (χ1) is 6.15. The molecule has 0 aromatic heterocycles. The fraction of sp³-hybridized carbons (Fsp3) is 0.300. The summed E-state index contributed by atoms with van der Waals surface area (Å²) in [5.74, 6) is -0.115. The molecule has 0 fully saturated rings. The van der Waals surface area contributed by atoms with Gasteiger partial charge in [-0.2, -0.15) is 0 Å². The van der Waals surface area contributed by atoms with E-state index in [9.17, 15) is 4.79 Å². The van der Waals surface area contributed by atoms with Gasteiger partial charge in [0.05, 0.1) is 10.6 Å². The van der Waals surface area contributed by atoms with Crippen LogP contribution in [0.1, 0.15) is 22.8 Å². The lowest BCUT2D eigenvalue weighted by atomic mass is 10.1. The van der Waals surface area contributed by atoms with Gasteiger partial charge in [-0.1, -0.05) is 23.2 Å². The highest BCUT2D eigenvalue weighted by Crippen LogP contribution is 2.16. The van der Waals surface area contributed by atoms with Crippen molar-refractivity contribution in [2.45, 2.75) is 13.8 Å². The van der Waals surface area contributed by atoms with E-state index in [4.69, 9.17) is 11.6 Å². The van der Waals surface area contributed by atoms with Crippen LogP contribution in [-0.4, -0.2) is 12.5 Å². The molecule has 0 unspecified atom stereocenters. The molecule has 0 spiro atoms. The van der Waals surface area contributed by atoms with Crippen LogP contribution in [-0.2, 0) is 0 Å². The highest BCUT2D eigenvalue weighted by molar-refractivity contribution is 6.33. The summed E-state index contributed by atoms with van der Waals surface area (Å²) < 4.78 is 0. The van der Waals surface area contributed by atoms with Crippen LogP contribution < -0.4 is 5.32 Å². The summed E-state index contributed by atoms with van der Waals surface area (Å²) in [5, 5.41) is 3.20. The Kier molecular flexibility index (Phi) is 3.32. The second kappa shape index (κ2) is 4.28. The second-order valence-electron chi connectivity index (χ2n) is 2.84. The summed E-state index contributed by atoms with van der Waals surface area (Å²) in [6.07, 6.45) is 0. The Labute approximate surface area is 82.9 Å². The SMILES string of the molecule is CCNC(=O)c1cc(C)ccc1Cl.